The van der Waals surface area contributed by atoms with E-state index >= 15 is 0 Å². The van der Waals surface area contributed by atoms with E-state index in [0.29, 0.717) is 0 Å². The number of thiazole rings is 1. The summed E-state index contributed by atoms with van der Waals surface area (Å²) in [4.78, 5) is 4.74. The molecular weight excluding hydrogens is 414 g/mol. The first-order valence-electron chi connectivity index (χ1n) is 6.67. The van der Waals surface area contributed by atoms with Crippen molar-refractivity contribution in [2.45, 2.75) is 38.6 Å². The lowest BCUT2D eigenvalue weighted by Gasteiger charge is -2.17. The maximum absolute atomic E-state index is 5.75. The fraction of sp³-hybridized carbons (Fsp3) is 0.400. The van der Waals surface area contributed by atoms with Gasteiger partial charge >= 0.3 is 0 Å². The lowest BCUT2D eigenvalue weighted by molar-refractivity contribution is 0.539. The summed E-state index contributed by atoms with van der Waals surface area (Å²) in [6.45, 7) is 6.53. The molecule has 0 saturated heterocycles. The number of nitrogens with zero attached hydrogens (tertiary/aromatic N) is 1. The molecule has 0 fully saturated rings. The third-order valence-electron chi connectivity index (χ3n) is 3.24. The van der Waals surface area contributed by atoms with Crippen LogP contribution >= 0.6 is 43.2 Å². The Morgan fingerprint density at radius 2 is 2.05 bits per heavy atom. The number of rotatable bonds is 4. The van der Waals surface area contributed by atoms with Crippen molar-refractivity contribution in [1.82, 2.24) is 10.4 Å². The molecule has 1 atom stereocenters. The molecule has 0 aliphatic heterocycles. The number of aromatic nitrogens is 1. The molecular formula is C15H19Br2N3S. The number of hydrazine groups is 1. The molecule has 2 aromatic rings. The molecule has 114 valence electrons. The lowest BCUT2D eigenvalue weighted by atomic mass is 9.93. The SMILES string of the molecule is CC(C)(C)c1csc(CC(NN)c2ccc(Br)cc2Br)n1. The molecule has 0 aliphatic carbocycles. The molecule has 0 bridgehead atoms. The van der Waals surface area contributed by atoms with Gasteiger partial charge in [-0.15, -0.1) is 11.3 Å². The number of hydrogen-bond acceptors (Lipinski definition) is 4. The van der Waals surface area contributed by atoms with Gasteiger partial charge in [-0.1, -0.05) is 58.7 Å². The minimum atomic E-state index is 0.0337. The topological polar surface area (TPSA) is 50.9 Å². The van der Waals surface area contributed by atoms with E-state index < -0.39 is 0 Å². The quantitative estimate of drug-likeness (QED) is 0.543. The van der Waals surface area contributed by atoms with Crippen molar-refractivity contribution in [3.63, 3.8) is 0 Å². The Morgan fingerprint density at radius 1 is 1.33 bits per heavy atom. The second-order valence-electron chi connectivity index (χ2n) is 5.97. The van der Waals surface area contributed by atoms with Crippen molar-refractivity contribution >= 4 is 43.2 Å². The molecule has 0 aliphatic rings. The van der Waals surface area contributed by atoms with Crippen molar-refractivity contribution in [3.05, 3.63) is 48.8 Å². The summed E-state index contributed by atoms with van der Waals surface area (Å²) in [5.74, 6) is 5.75. The van der Waals surface area contributed by atoms with Crippen molar-refractivity contribution in [2.75, 3.05) is 0 Å². The molecule has 21 heavy (non-hydrogen) atoms. The molecule has 3 N–H and O–H groups in total. The Hall–Kier alpha value is -0.270. The molecule has 1 heterocycles. The van der Waals surface area contributed by atoms with E-state index in [2.05, 4.69) is 69.5 Å². The van der Waals surface area contributed by atoms with Crippen molar-refractivity contribution < 1.29 is 0 Å². The van der Waals surface area contributed by atoms with Crippen LogP contribution in [0, 0.1) is 0 Å². The minimum absolute atomic E-state index is 0.0337. The molecule has 6 heteroatoms. The summed E-state index contributed by atoms with van der Waals surface area (Å²) in [7, 11) is 0. The fourth-order valence-electron chi connectivity index (χ4n) is 1.97. The number of halogens is 2. The Bertz CT molecular complexity index is 620. The summed E-state index contributed by atoms with van der Waals surface area (Å²) in [6, 6.07) is 6.15. The number of nitrogens with one attached hydrogen (secondary N) is 1. The van der Waals surface area contributed by atoms with Crippen LogP contribution in [0.25, 0.3) is 0 Å². The second-order valence-corrected chi connectivity index (χ2v) is 8.68. The van der Waals surface area contributed by atoms with Crippen LogP contribution in [0.3, 0.4) is 0 Å². The Morgan fingerprint density at radius 3 is 2.57 bits per heavy atom. The van der Waals surface area contributed by atoms with Gasteiger partial charge in [0.2, 0.25) is 0 Å². The fourth-order valence-corrected chi connectivity index (χ4v) is 4.36. The van der Waals surface area contributed by atoms with Crippen molar-refractivity contribution in [1.29, 1.82) is 0 Å². The molecule has 0 saturated carbocycles. The average molecular weight is 433 g/mol. The van der Waals surface area contributed by atoms with Crippen LogP contribution in [-0.4, -0.2) is 4.98 Å². The van der Waals surface area contributed by atoms with E-state index in [1.54, 1.807) is 11.3 Å². The molecule has 1 aromatic heterocycles. The molecule has 0 spiro atoms. The first-order chi connectivity index (χ1) is 9.81. The highest BCUT2D eigenvalue weighted by atomic mass is 79.9. The molecule has 1 aromatic carbocycles. The predicted molar refractivity (Wildman–Crippen MR) is 96.4 cm³/mol. The zero-order chi connectivity index (χ0) is 15.6. The zero-order valence-corrected chi connectivity index (χ0v) is 16.3. The van der Waals surface area contributed by atoms with E-state index in [1.165, 1.54) is 0 Å². The van der Waals surface area contributed by atoms with Crippen LogP contribution in [0.1, 0.15) is 43.1 Å². The predicted octanol–water partition coefficient (Wildman–Crippen LogP) is 4.71. The van der Waals surface area contributed by atoms with Crippen molar-refractivity contribution in [2.24, 2.45) is 5.84 Å². The first kappa shape index (κ1) is 17.1. The maximum atomic E-state index is 5.75. The largest absolute Gasteiger partial charge is 0.271 e. The monoisotopic (exact) mass is 431 g/mol. The summed E-state index contributed by atoms with van der Waals surface area (Å²) in [5, 5.41) is 3.23. The number of benzene rings is 1. The highest BCUT2D eigenvalue weighted by Crippen LogP contribution is 2.30. The van der Waals surface area contributed by atoms with Gasteiger partial charge in [-0.3, -0.25) is 11.3 Å². The third kappa shape index (κ3) is 4.36. The van der Waals surface area contributed by atoms with Crippen LogP contribution in [-0.2, 0) is 11.8 Å². The highest BCUT2D eigenvalue weighted by Gasteiger charge is 2.20. The standard InChI is InChI=1S/C15H19Br2N3S/c1-15(2,3)13-8-21-14(19-13)7-12(20-18)10-5-4-9(16)6-11(10)17/h4-6,8,12,20H,7,18H2,1-3H3. The van der Waals surface area contributed by atoms with Gasteiger partial charge in [0.25, 0.3) is 0 Å². The summed E-state index contributed by atoms with van der Waals surface area (Å²) < 4.78 is 2.07. The molecule has 0 amide bonds. The van der Waals surface area contributed by atoms with E-state index in [0.717, 1.165) is 31.6 Å². The van der Waals surface area contributed by atoms with Gasteiger partial charge in [-0.25, -0.2) is 4.98 Å². The zero-order valence-electron chi connectivity index (χ0n) is 12.3. The average Bonchev–Trinajstić information content (AvgIpc) is 2.85. The van der Waals surface area contributed by atoms with Crippen LogP contribution in [0.2, 0.25) is 0 Å². The number of nitrogens with two attached hydrogens (primary N) is 1. The Kier molecular flexibility index (Phi) is 5.59. The lowest BCUT2D eigenvalue weighted by Crippen LogP contribution is -2.29. The highest BCUT2D eigenvalue weighted by molar-refractivity contribution is 9.11. The first-order valence-corrected chi connectivity index (χ1v) is 9.14. The van der Waals surface area contributed by atoms with Crippen LogP contribution < -0.4 is 11.3 Å². The van der Waals surface area contributed by atoms with E-state index in [-0.39, 0.29) is 11.5 Å². The van der Waals surface area contributed by atoms with Gasteiger partial charge in [0.05, 0.1) is 16.7 Å². The normalized spacial score (nSPS) is 13.4. The van der Waals surface area contributed by atoms with E-state index in [9.17, 15) is 0 Å². The van der Waals surface area contributed by atoms with Crippen LogP contribution in [0.15, 0.2) is 32.5 Å². The van der Waals surface area contributed by atoms with Gasteiger partial charge in [-0.2, -0.15) is 0 Å². The smallest absolute Gasteiger partial charge is 0.0948 e. The van der Waals surface area contributed by atoms with Gasteiger partial charge in [0.15, 0.2) is 0 Å². The molecule has 0 radical (unpaired) electrons. The summed E-state index contributed by atoms with van der Waals surface area (Å²) in [5.41, 5.74) is 5.24. The molecule has 3 nitrogen and oxygen atoms in total. The minimum Gasteiger partial charge on any atom is -0.271 e. The Balaban J connectivity index is 2.21. The summed E-state index contributed by atoms with van der Waals surface area (Å²) in [6.07, 6.45) is 0.775. The van der Waals surface area contributed by atoms with E-state index in [4.69, 9.17) is 10.8 Å². The second kappa shape index (κ2) is 6.87. The third-order valence-corrected chi connectivity index (χ3v) is 5.29. The maximum Gasteiger partial charge on any atom is 0.0948 e. The van der Waals surface area contributed by atoms with Gasteiger partial charge in [-0.05, 0) is 17.7 Å². The van der Waals surface area contributed by atoms with Gasteiger partial charge in [0, 0.05) is 26.2 Å². The van der Waals surface area contributed by atoms with Crippen LogP contribution in [0.5, 0.6) is 0 Å². The van der Waals surface area contributed by atoms with E-state index in [1.807, 2.05) is 12.1 Å². The molecule has 2 rings (SSSR count). The number of hydrogen-bond donors (Lipinski definition) is 2. The van der Waals surface area contributed by atoms with Gasteiger partial charge in [0.1, 0.15) is 0 Å². The summed E-state index contributed by atoms with van der Waals surface area (Å²) >= 11 is 8.76. The van der Waals surface area contributed by atoms with Crippen molar-refractivity contribution in [3.8, 4) is 0 Å². The van der Waals surface area contributed by atoms with Crippen LogP contribution in [0.4, 0.5) is 0 Å². The van der Waals surface area contributed by atoms with Gasteiger partial charge < -0.3 is 0 Å². The molecule has 1 unspecified atom stereocenters. The Labute approximate surface area is 146 Å².